The molecule has 1 aromatic carbocycles. The lowest BCUT2D eigenvalue weighted by Crippen LogP contribution is -2.15. The van der Waals surface area contributed by atoms with Crippen molar-refractivity contribution in [1.29, 1.82) is 0 Å². The molecule has 0 amide bonds. The SMILES string of the molecule is Cn1cnc(NCc2cccnc2)c1-c1nnc(Nc2ccc3c(c2)OCCO3)o1. The predicted molar refractivity (Wildman–Crippen MR) is 109 cm³/mol. The average Bonchev–Trinajstić information content (AvgIpc) is 3.38. The second-order valence-electron chi connectivity index (χ2n) is 6.66. The number of imidazole rings is 1. The van der Waals surface area contributed by atoms with E-state index in [1.54, 1.807) is 18.7 Å². The molecule has 0 unspecified atom stereocenters. The molecule has 5 rings (SSSR count). The zero-order chi connectivity index (χ0) is 20.3. The third kappa shape index (κ3) is 3.62. The topological polar surface area (TPSA) is 112 Å². The third-order valence-corrected chi connectivity index (χ3v) is 4.54. The van der Waals surface area contributed by atoms with Gasteiger partial charge in [-0.1, -0.05) is 11.2 Å². The second kappa shape index (κ2) is 7.74. The van der Waals surface area contributed by atoms with E-state index >= 15 is 0 Å². The van der Waals surface area contributed by atoms with Crippen LogP contribution in [0.1, 0.15) is 5.56 Å². The van der Waals surface area contributed by atoms with E-state index in [-0.39, 0.29) is 6.01 Å². The van der Waals surface area contributed by atoms with E-state index in [0.29, 0.717) is 42.9 Å². The fraction of sp³-hybridized carbons (Fsp3) is 0.200. The Kier molecular flexibility index (Phi) is 4.64. The van der Waals surface area contributed by atoms with Gasteiger partial charge in [-0.15, -0.1) is 5.10 Å². The Balaban J connectivity index is 1.33. The quantitative estimate of drug-likeness (QED) is 0.500. The number of hydrogen-bond acceptors (Lipinski definition) is 9. The minimum atomic E-state index is 0.265. The molecule has 1 aliphatic heterocycles. The lowest BCUT2D eigenvalue weighted by Gasteiger charge is -2.18. The van der Waals surface area contributed by atoms with Crippen molar-refractivity contribution in [3.8, 4) is 23.1 Å². The molecule has 0 bridgehead atoms. The molecule has 2 N–H and O–H groups in total. The molecule has 3 aromatic heterocycles. The van der Waals surface area contributed by atoms with Gasteiger partial charge in [0.15, 0.2) is 17.3 Å². The van der Waals surface area contributed by atoms with Crippen LogP contribution in [0.25, 0.3) is 11.6 Å². The van der Waals surface area contributed by atoms with Crippen LogP contribution in [0.2, 0.25) is 0 Å². The minimum Gasteiger partial charge on any atom is -0.486 e. The number of ether oxygens (including phenoxy) is 2. The molecule has 0 saturated carbocycles. The molecule has 10 nitrogen and oxygen atoms in total. The maximum absolute atomic E-state index is 5.83. The van der Waals surface area contributed by atoms with Crippen LogP contribution in [0, 0.1) is 0 Å². The smallest absolute Gasteiger partial charge is 0.320 e. The lowest BCUT2D eigenvalue weighted by atomic mass is 10.2. The van der Waals surface area contributed by atoms with Gasteiger partial charge >= 0.3 is 6.01 Å². The van der Waals surface area contributed by atoms with E-state index in [9.17, 15) is 0 Å². The normalized spacial score (nSPS) is 12.6. The second-order valence-corrected chi connectivity index (χ2v) is 6.66. The van der Waals surface area contributed by atoms with Crippen LogP contribution < -0.4 is 20.1 Å². The maximum Gasteiger partial charge on any atom is 0.320 e. The molecule has 1 aliphatic rings. The number of anilines is 3. The summed E-state index contributed by atoms with van der Waals surface area (Å²) in [5.74, 6) is 2.40. The number of nitrogens with zero attached hydrogens (tertiary/aromatic N) is 5. The van der Waals surface area contributed by atoms with Gasteiger partial charge in [-0.25, -0.2) is 4.98 Å². The molecule has 0 aliphatic carbocycles. The van der Waals surface area contributed by atoms with E-state index < -0.39 is 0 Å². The molecule has 0 spiro atoms. The molecule has 10 heteroatoms. The first-order valence-corrected chi connectivity index (χ1v) is 9.41. The Bertz CT molecular complexity index is 1160. The summed E-state index contributed by atoms with van der Waals surface area (Å²) in [5, 5.41) is 14.7. The van der Waals surface area contributed by atoms with E-state index in [2.05, 4.69) is 30.8 Å². The summed E-state index contributed by atoms with van der Waals surface area (Å²) < 4.78 is 18.8. The highest BCUT2D eigenvalue weighted by molar-refractivity contribution is 5.66. The molecule has 4 heterocycles. The predicted octanol–water partition coefficient (Wildman–Crippen LogP) is 2.99. The fourth-order valence-electron chi connectivity index (χ4n) is 3.11. The van der Waals surface area contributed by atoms with Crippen LogP contribution >= 0.6 is 0 Å². The van der Waals surface area contributed by atoms with E-state index in [1.807, 2.05) is 41.9 Å². The van der Waals surface area contributed by atoms with Crippen molar-refractivity contribution >= 4 is 17.5 Å². The molecule has 0 saturated heterocycles. The van der Waals surface area contributed by atoms with E-state index in [0.717, 1.165) is 17.0 Å². The Hall–Kier alpha value is -4.08. The number of nitrogens with one attached hydrogen (secondary N) is 2. The number of rotatable bonds is 6. The number of aromatic nitrogens is 5. The Morgan fingerprint density at radius 1 is 1.10 bits per heavy atom. The van der Waals surface area contributed by atoms with Crippen LogP contribution in [0.15, 0.2) is 53.5 Å². The van der Waals surface area contributed by atoms with Gasteiger partial charge in [0, 0.05) is 37.7 Å². The van der Waals surface area contributed by atoms with Gasteiger partial charge in [-0.3, -0.25) is 4.98 Å². The number of aryl methyl sites for hydroxylation is 1. The average molecular weight is 405 g/mol. The molecule has 30 heavy (non-hydrogen) atoms. The number of benzene rings is 1. The van der Waals surface area contributed by atoms with Crippen LogP contribution in [0.3, 0.4) is 0 Å². The standard InChI is InChI=1S/C20H19N7O3/c1-27-12-23-18(22-11-13-3-2-6-21-10-13)17(27)19-25-26-20(30-19)24-14-4-5-15-16(9-14)29-8-7-28-15/h2-6,9-10,12,22H,7-8,11H2,1H3,(H,24,26). The Morgan fingerprint density at radius 2 is 2.00 bits per heavy atom. The largest absolute Gasteiger partial charge is 0.486 e. The zero-order valence-electron chi connectivity index (χ0n) is 16.2. The summed E-state index contributed by atoms with van der Waals surface area (Å²) in [6.07, 6.45) is 5.24. The molecule has 0 radical (unpaired) electrons. The highest BCUT2D eigenvalue weighted by Gasteiger charge is 2.19. The summed E-state index contributed by atoms with van der Waals surface area (Å²) in [6.45, 7) is 1.65. The van der Waals surface area contributed by atoms with Crippen molar-refractivity contribution in [3.05, 3.63) is 54.6 Å². The van der Waals surface area contributed by atoms with Gasteiger partial charge < -0.3 is 29.1 Å². The van der Waals surface area contributed by atoms with Crippen molar-refractivity contribution < 1.29 is 13.9 Å². The Labute approximate surface area is 171 Å². The van der Waals surface area contributed by atoms with Crippen LogP contribution in [0.4, 0.5) is 17.5 Å². The number of pyridine rings is 1. The van der Waals surface area contributed by atoms with E-state index in [4.69, 9.17) is 13.9 Å². The van der Waals surface area contributed by atoms with Gasteiger partial charge in [0.05, 0.1) is 6.33 Å². The number of hydrogen-bond donors (Lipinski definition) is 2. The van der Waals surface area contributed by atoms with Gasteiger partial charge in [-0.2, -0.15) is 0 Å². The monoisotopic (exact) mass is 405 g/mol. The molecular formula is C20H19N7O3. The van der Waals surface area contributed by atoms with Crippen molar-refractivity contribution in [2.75, 3.05) is 23.8 Å². The van der Waals surface area contributed by atoms with Crippen molar-refractivity contribution in [3.63, 3.8) is 0 Å². The van der Waals surface area contributed by atoms with Crippen molar-refractivity contribution in [2.24, 2.45) is 7.05 Å². The third-order valence-electron chi connectivity index (χ3n) is 4.54. The first-order chi connectivity index (χ1) is 14.8. The molecule has 4 aromatic rings. The van der Waals surface area contributed by atoms with Crippen LogP contribution in [-0.2, 0) is 13.6 Å². The van der Waals surface area contributed by atoms with Crippen LogP contribution in [0.5, 0.6) is 11.5 Å². The summed E-state index contributed by atoms with van der Waals surface area (Å²) in [4.78, 5) is 8.52. The fourth-order valence-corrected chi connectivity index (χ4v) is 3.11. The van der Waals surface area contributed by atoms with Gasteiger partial charge in [0.25, 0.3) is 5.89 Å². The maximum atomic E-state index is 5.83. The molecule has 0 atom stereocenters. The summed E-state index contributed by atoms with van der Waals surface area (Å²) in [7, 11) is 1.87. The van der Waals surface area contributed by atoms with Crippen molar-refractivity contribution in [2.45, 2.75) is 6.54 Å². The van der Waals surface area contributed by atoms with Gasteiger partial charge in [-0.05, 0) is 23.8 Å². The highest BCUT2D eigenvalue weighted by atomic mass is 16.6. The van der Waals surface area contributed by atoms with Gasteiger partial charge in [0.2, 0.25) is 0 Å². The summed E-state index contributed by atoms with van der Waals surface area (Å²) in [6, 6.07) is 9.69. The Morgan fingerprint density at radius 3 is 2.87 bits per heavy atom. The lowest BCUT2D eigenvalue weighted by molar-refractivity contribution is 0.171. The van der Waals surface area contributed by atoms with E-state index in [1.165, 1.54) is 0 Å². The summed E-state index contributed by atoms with van der Waals surface area (Å²) in [5.41, 5.74) is 2.50. The molecule has 0 fully saturated rings. The van der Waals surface area contributed by atoms with Crippen molar-refractivity contribution in [1.82, 2.24) is 24.7 Å². The van der Waals surface area contributed by atoms with Crippen LogP contribution in [-0.4, -0.2) is 37.9 Å². The first-order valence-electron chi connectivity index (χ1n) is 9.41. The minimum absolute atomic E-state index is 0.265. The first kappa shape index (κ1) is 18.0. The number of fused-ring (bicyclic) bond motifs is 1. The summed E-state index contributed by atoms with van der Waals surface area (Å²) >= 11 is 0. The molecule has 152 valence electrons. The van der Waals surface area contributed by atoms with Gasteiger partial charge in [0.1, 0.15) is 18.9 Å². The highest BCUT2D eigenvalue weighted by Crippen LogP contribution is 2.34. The molecular weight excluding hydrogens is 386 g/mol. The zero-order valence-corrected chi connectivity index (χ0v) is 16.2.